The lowest BCUT2D eigenvalue weighted by atomic mass is 9.72. The molecule has 1 aromatic rings. The Morgan fingerprint density at radius 1 is 1.26 bits per heavy atom. The van der Waals surface area contributed by atoms with E-state index in [0.717, 1.165) is 31.4 Å². The van der Waals surface area contributed by atoms with E-state index in [0.29, 0.717) is 32.7 Å². The highest BCUT2D eigenvalue weighted by atomic mass is 16.6. The van der Waals surface area contributed by atoms with E-state index in [2.05, 4.69) is 25.8 Å². The van der Waals surface area contributed by atoms with Gasteiger partial charge in [0.1, 0.15) is 0 Å². The number of nitrogens with zero attached hydrogens (tertiary/aromatic N) is 3. The fraction of sp³-hybridized carbons (Fsp3) is 0.667. The van der Waals surface area contributed by atoms with Crippen LogP contribution >= 0.6 is 0 Å². The second kappa shape index (κ2) is 7.87. The van der Waals surface area contributed by atoms with Crippen molar-refractivity contribution in [2.75, 3.05) is 26.2 Å². The molecule has 2 fully saturated rings. The van der Waals surface area contributed by atoms with Gasteiger partial charge in [-0.3, -0.25) is 9.78 Å². The first-order valence-corrected chi connectivity index (χ1v) is 9.85. The van der Waals surface area contributed by atoms with Crippen LogP contribution in [0.3, 0.4) is 0 Å². The van der Waals surface area contributed by atoms with Gasteiger partial charge in [0.05, 0.1) is 6.61 Å². The molecular formula is C21H31N3O3. The van der Waals surface area contributed by atoms with E-state index in [4.69, 9.17) is 4.74 Å². The van der Waals surface area contributed by atoms with Crippen molar-refractivity contribution in [3.63, 3.8) is 0 Å². The summed E-state index contributed by atoms with van der Waals surface area (Å²) >= 11 is 0. The van der Waals surface area contributed by atoms with Gasteiger partial charge in [0.2, 0.25) is 5.91 Å². The highest BCUT2D eigenvalue weighted by Gasteiger charge is 2.42. The molecule has 0 N–H and O–H groups in total. The summed E-state index contributed by atoms with van der Waals surface area (Å²) in [4.78, 5) is 32.6. The molecule has 3 rings (SSSR count). The maximum Gasteiger partial charge on any atom is 0.409 e. The second-order valence-corrected chi connectivity index (χ2v) is 9.21. The fourth-order valence-corrected chi connectivity index (χ4v) is 3.90. The summed E-state index contributed by atoms with van der Waals surface area (Å²) in [5, 5.41) is 0. The summed E-state index contributed by atoms with van der Waals surface area (Å²) in [6.07, 6.45) is 6.72. The van der Waals surface area contributed by atoms with Crippen molar-refractivity contribution in [1.82, 2.24) is 14.8 Å². The highest BCUT2D eigenvalue weighted by Crippen LogP contribution is 2.40. The number of pyridine rings is 1. The lowest BCUT2D eigenvalue weighted by Crippen LogP contribution is -2.52. The minimum absolute atomic E-state index is 0.0246. The molecular weight excluding hydrogens is 342 g/mol. The molecule has 6 nitrogen and oxygen atoms in total. The maximum atomic E-state index is 12.4. The third kappa shape index (κ3) is 5.21. The zero-order valence-electron chi connectivity index (χ0n) is 16.7. The van der Waals surface area contributed by atoms with E-state index >= 15 is 0 Å². The number of piperidine rings is 2. The molecule has 6 heteroatoms. The van der Waals surface area contributed by atoms with Crippen LogP contribution in [0.4, 0.5) is 4.79 Å². The second-order valence-electron chi connectivity index (χ2n) is 9.21. The van der Waals surface area contributed by atoms with Crippen LogP contribution in [0.25, 0.3) is 0 Å². The van der Waals surface area contributed by atoms with Gasteiger partial charge in [0.15, 0.2) is 0 Å². The van der Waals surface area contributed by atoms with Crippen LogP contribution in [0, 0.1) is 10.8 Å². The Morgan fingerprint density at radius 2 is 2.00 bits per heavy atom. The van der Waals surface area contributed by atoms with E-state index in [-0.39, 0.29) is 22.8 Å². The van der Waals surface area contributed by atoms with Gasteiger partial charge in [-0.15, -0.1) is 0 Å². The Balaban J connectivity index is 1.55. The number of rotatable bonds is 3. The minimum Gasteiger partial charge on any atom is -0.449 e. The molecule has 0 bridgehead atoms. The Bertz CT molecular complexity index is 661. The molecule has 1 spiro atoms. The minimum atomic E-state index is -0.209. The molecule has 2 aliphatic heterocycles. The van der Waals surface area contributed by atoms with Crippen molar-refractivity contribution in [1.29, 1.82) is 0 Å². The number of amides is 2. The molecule has 0 aliphatic carbocycles. The first-order valence-electron chi connectivity index (χ1n) is 9.85. The number of hydrogen-bond acceptors (Lipinski definition) is 4. The SMILES string of the molecule is CC(C)(C)COC(=O)N1CCC2(CCC(=O)N(Cc3cccnc3)C2)CC1. The average Bonchev–Trinajstić information content (AvgIpc) is 2.64. The van der Waals surface area contributed by atoms with E-state index in [1.165, 1.54) is 0 Å². The largest absolute Gasteiger partial charge is 0.449 e. The summed E-state index contributed by atoms with van der Waals surface area (Å²) < 4.78 is 5.45. The molecule has 2 saturated heterocycles. The molecule has 0 unspecified atom stereocenters. The van der Waals surface area contributed by atoms with Crippen molar-refractivity contribution >= 4 is 12.0 Å². The average molecular weight is 373 g/mol. The first kappa shape index (κ1) is 19.6. The predicted octanol–water partition coefficient (Wildman–Crippen LogP) is 3.47. The van der Waals surface area contributed by atoms with Gasteiger partial charge in [-0.1, -0.05) is 26.8 Å². The van der Waals surface area contributed by atoms with Crippen LogP contribution < -0.4 is 0 Å². The topological polar surface area (TPSA) is 62.7 Å². The number of carbonyl (C=O) groups is 2. The third-order valence-electron chi connectivity index (χ3n) is 5.56. The zero-order valence-corrected chi connectivity index (χ0v) is 16.7. The molecule has 27 heavy (non-hydrogen) atoms. The van der Waals surface area contributed by atoms with Crippen LogP contribution in [0.1, 0.15) is 52.0 Å². The number of likely N-dealkylation sites (tertiary alicyclic amines) is 2. The fourth-order valence-electron chi connectivity index (χ4n) is 3.90. The van der Waals surface area contributed by atoms with Gasteiger partial charge < -0.3 is 14.5 Å². The molecule has 0 atom stereocenters. The van der Waals surface area contributed by atoms with Crippen LogP contribution in [0.5, 0.6) is 0 Å². The summed E-state index contributed by atoms with van der Waals surface area (Å²) in [6, 6.07) is 3.91. The summed E-state index contributed by atoms with van der Waals surface area (Å²) in [7, 11) is 0. The Kier molecular flexibility index (Phi) is 5.72. The highest BCUT2D eigenvalue weighted by molar-refractivity contribution is 5.77. The van der Waals surface area contributed by atoms with E-state index < -0.39 is 0 Å². The molecule has 3 heterocycles. The lowest BCUT2D eigenvalue weighted by molar-refractivity contribution is -0.139. The summed E-state index contributed by atoms with van der Waals surface area (Å²) in [6.45, 7) is 9.40. The zero-order chi connectivity index (χ0) is 19.5. The molecule has 1 aromatic heterocycles. The van der Waals surface area contributed by atoms with Crippen LogP contribution in [0.2, 0.25) is 0 Å². The summed E-state index contributed by atoms with van der Waals surface area (Å²) in [5.41, 5.74) is 1.16. The standard InChI is InChI=1S/C21H31N3O3/c1-20(2,3)16-27-19(26)23-11-8-21(9-12-23)7-6-18(25)24(15-21)14-17-5-4-10-22-13-17/h4-5,10,13H,6-9,11-12,14-16H2,1-3H3. The van der Waals surface area contributed by atoms with Gasteiger partial charge in [-0.25, -0.2) is 4.79 Å². The Morgan fingerprint density at radius 3 is 2.63 bits per heavy atom. The van der Waals surface area contributed by atoms with Gasteiger partial charge in [-0.2, -0.15) is 0 Å². The van der Waals surface area contributed by atoms with Crippen LogP contribution in [-0.4, -0.2) is 53.0 Å². The van der Waals surface area contributed by atoms with Crippen LogP contribution in [0.15, 0.2) is 24.5 Å². The summed E-state index contributed by atoms with van der Waals surface area (Å²) in [5.74, 6) is 0.219. The first-order chi connectivity index (χ1) is 12.8. The molecule has 2 amide bonds. The van der Waals surface area contributed by atoms with E-state index in [1.54, 1.807) is 6.20 Å². The molecule has 0 aromatic carbocycles. The Hall–Kier alpha value is -2.11. The van der Waals surface area contributed by atoms with Crippen molar-refractivity contribution in [3.8, 4) is 0 Å². The number of carbonyl (C=O) groups excluding carboxylic acids is 2. The van der Waals surface area contributed by atoms with Gasteiger partial charge >= 0.3 is 6.09 Å². The van der Waals surface area contributed by atoms with Crippen molar-refractivity contribution in [3.05, 3.63) is 30.1 Å². The van der Waals surface area contributed by atoms with E-state index in [9.17, 15) is 9.59 Å². The molecule has 0 radical (unpaired) electrons. The van der Waals surface area contributed by atoms with Gasteiger partial charge in [-0.05, 0) is 41.7 Å². The van der Waals surface area contributed by atoms with E-state index in [1.807, 2.05) is 28.1 Å². The molecule has 0 saturated carbocycles. The number of ether oxygens (including phenoxy) is 1. The Labute approximate surface area is 161 Å². The normalized spacial score (nSPS) is 20.0. The molecule has 2 aliphatic rings. The maximum absolute atomic E-state index is 12.4. The monoisotopic (exact) mass is 373 g/mol. The molecule has 148 valence electrons. The van der Waals surface area contributed by atoms with Crippen molar-refractivity contribution in [2.24, 2.45) is 10.8 Å². The number of hydrogen-bond donors (Lipinski definition) is 0. The van der Waals surface area contributed by atoms with Crippen molar-refractivity contribution < 1.29 is 14.3 Å². The van der Waals surface area contributed by atoms with Crippen LogP contribution in [-0.2, 0) is 16.1 Å². The smallest absolute Gasteiger partial charge is 0.409 e. The van der Waals surface area contributed by atoms with Gasteiger partial charge in [0, 0.05) is 45.0 Å². The van der Waals surface area contributed by atoms with Crippen molar-refractivity contribution in [2.45, 2.75) is 53.0 Å². The third-order valence-corrected chi connectivity index (χ3v) is 5.56. The number of aromatic nitrogens is 1. The lowest BCUT2D eigenvalue weighted by Gasteiger charge is -2.47. The predicted molar refractivity (Wildman–Crippen MR) is 103 cm³/mol. The van der Waals surface area contributed by atoms with Gasteiger partial charge in [0.25, 0.3) is 0 Å². The quantitative estimate of drug-likeness (QED) is 0.814.